The summed E-state index contributed by atoms with van der Waals surface area (Å²) in [5.41, 5.74) is 8.95. The highest BCUT2D eigenvalue weighted by atomic mass is 35.5. The van der Waals surface area contributed by atoms with Crippen LogP contribution in [-0.4, -0.2) is 34.0 Å². The second kappa shape index (κ2) is 8.17. The van der Waals surface area contributed by atoms with E-state index >= 15 is 0 Å². The number of nitrogens with zero attached hydrogens (tertiary/aromatic N) is 3. The van der Waals surface area contributed by atoms with Gasteiger partial charge in [-0.05, 0) is 18.2 Å². The minimum absolute atomic E-state index is 0.241. The number of halogens is 1. The summed E-state index contributed by atoms with van der Waals surface area (Å²) in [6.07, 6.45) is 0.897. The van der Waals surface area contributed by atoms with Crippen LogP contribution in [0.2, 0.25) is 5.02 Å². The minimum Gasteiger partial charge on any atom is -0.492 e. The average molecular weight is 394 g/mol. The van der Waals surface area contributed by atoms with Gasteiger partial charge in [0.2, 0.25) is 5.88 Å². The highest BCUT2D eigenvalue weighted by Crippen LogP contribution is 2.36. The number of hydrogen-bond donors (Lipinski definition) is 2. The molecule has 10 heteroatoms. The van der Waals surface area contributed by atoms with Crippen LogP contribution in [0.5, 0.6) is 11.6 Å². The first kappa shape index (κ1) is 18.2. The van der Waals surface area contributed by atoms with E-state index in [1.807, 2.05) is 0 Å². The Bertz CT molecular complexity index is 878. The summed E-state index contributed by atoms with van der Waals surface area (Å²) < 4.78 is 12.4. The molecule has 26 heavy (non-hydrogen) atoms. The van der Waals surface area contributed by atoms with Crippen LogP contribution in [0.4, 0.5) is 10.5 Å². The fraction of sp³-hybridized carbons (Fsp3) is 0.188. The van der Waals surface area contributed by atoms with E-state index in [-0.39, 0.29) is 5.88 Å². The van der Waals surface area contributed by atoms with Crippen molar-refractivity contribution in [2.24, 2.45) is 12.8 Å². The maximum atomic E-state index is 12.0. The third kappa shape index (κ3) is 4.13. The number of nitrogens with two attached hydrogens (primary N) is 1. The Hall–Kier alpha value is -2.62. The molecule has 0 aliphatic heterocycles. The van der Waals surface area contributed by atoms with Crippen molar-refractivity contribution < 1.29 is 14.3 Å². The molecule has 0 bridgehead atoms. The number of amides is 1. The Kier molecular flexibility index (Phi) is 5.71. The van der Waals surface area contributed by atoms with E-state index in [0.29, 0.717) is 40.9 Å². The molecule has 0 atom stereocenters. The Morgan fingerprint density at radius 1 is 1.46 bits per heavy atom. The lowest BCUT2D eigenvalue weighted by Gasteiger charge is -2.14. The van der Waals surface area contributed by atoms with Crippen molar-refractivity contribution in [1.29, 1.82) is 0 Å². The molecule has 0 radical (unpaired) electrons. The molecule has 1 aromatic carbocycles. The first-order chi connectivity index (χ1) is 12.6. The van der Waals surface area contributed by atoms with Gasteiger partial charge in [-0.15, -0.1) is 11.3 Å². The molecule has 3 aromatic rings. The van der Waals surface area contributed by atoms with Gasteiger partial charge in [-0.25, -0.2) is 9.78 Å². The predicted octanol–water partition coefficient (Wildman–Crippen LogP) is 3.15. The highest BCUT2D eigenvalue weighted by Gasteiger charge is 2.16. The summed E-state index contributed by atoms with van der Waals surface area (Å²) in [4.78, 5) is 15.9. The van der Waals surface area contributed by atoms with Gasteiger partial charge >= 0.3 is 6.09 Å². The molecule has 136 valence electrons. The number of rotatable bonds is 6. The fourth-order valence-corrected chi connectivity index (χ4v) is 3.01. The van der Waals surface area contributed by atoms with Gasteiger partial charge in [0.1, 0.15) is 12.4 Å². The van der Waals surface area contributed by atoms with Crippen LogP contribution in [0.15, 0.2) is 35.3 Å². The normalized spacial score (nSPS) is 10.6. The van der Waals surface area contributed by atoms with Crippen molar-refractivity contribution in [1.82, 2.24) is 14.8 Å². The molecule has 3 rings (SSSR count). The Morgan fingerprint density at radius 2 is 2.31 bits per heavy atom. The van der Waals surface area contributed by atoms with Crippen molar-refractivity contribution >= 4 is 34.7 Å². The van der Waals surface area contributed by atoms with Crippen LogP contribution in [0, 0.1) is 0 Å². The zero-order chi connectivity index (χ0) is 18.5. The lowest BCUT2D eigenvalue weighted by molar-refractivity contribution is 0.213. The van der Waals surface area contributed by atoms with Gasteiger partial charge in [-0.3, -0.25) is 10.00 Å². The quantitative estimate of drug-likeness (QED) is 0.666. The summed E-state index contributed by atoms with van der Waals surface area (Å²) in [5, 5.41) is 8.89. The Balaban J connectivity index is 1.88. The number of carbonyl (C=O) groups excluding carboxylic acids is 1. The molecule has 0 spiro atoms. The van der Waals surface area contributed by atoms with Gasteiger partial charge in [0, 0.05) is 24.8 Å². The standard InChI is InChI=1S/C16H16ClN5O3S/c1-22-15(12(17)7-20-22)11-6-10(2-3-13(11)24-5-4-18)21-16(23)25-14-8-26-9-19-14/h2-3,6-9H,4-5,18H2,1H3,(H,21,23). The second-order valence-corrected chi connectivity index (χ2v) is 6.28. The average Bonchev–Trinajstić information content (AvgIpc) is 3.23. The SMILES string of the molecule is Cn1ncc(Cl)c1-c1cc(NC(=O)Oc2cscn2)ccc1OCCN. The van der Waals surface area contributed by atoms with E-state index < -0.39 is 6.09 Å². The predicted molar refractivity (Wildman–Crippen MR) is 100.0 cm³/mol. The second-order valence-electron chi connectivity index (χ2n) is 5.15. The monoisotopic (exact) mass is 393 g/mol. The van der Waals surface area contributed by atoms with Crippen molar-refractivity contribution in [2.45, 2.75) is 0 Å². The van der Waals surface area contributed by atoms with E-state index in [2.05, 4.69) is 15.4 Å². The molecule has 0 saturated heterocycles. The van der Waals surface area contributed by atoms with Crippen molar-refractivity contribution in [3.05, 3.63) is 40.3 Å². The zero-order valence-electron chi connectivity index (χ0n) is 13.8. The first-order valence-electron chi connectivity index (χ1n) is 7.60. The summed E-state index contributed by atoms with van der Waals surface area (Å²) in [5.74, 6) is 0.824. The van der Waals surface area contributed by atoms with Crippen LogP contribution < -0.4 is 20.5 Å². The smallest absolute Gasteiger partial charge is 0.418 e. The van der Waals surface area contributed by atoms with Gasteiger partial charge in [0.05, 0.1) is 27.8 Å². The molecule has 8 nitrogen and oxygen atoms in total. The van der Waals surface area contributed by atoms with Crippen molar-refractivity contribution in [2.75, 3.05) is 18.5 Å². The number of ether oxygens (including phenoxy) is 2. The van der Waals surface area contributed by atoms with Gasteiger partial charge < -0.3 is 15.2 Å². The number of carbonyl (C=O) groups is 1. The summed E-state index contributed by atoms with van der Waals surface area (Å²) >= 11 is 7.59. The minimum atomic E-state index is -0.645. The molecule has 0 fully saturated rings. The number of benzene rings is 1. The lowest BCUT2D eigenvalue weighted by atomic mass is 10.1. The van der Waals surface area contributed by atoms with Crippen LogP contribution in [0.3, 0.4) is 0 Å². The number of anilines is 1. The molecule has 1 amide bonds. The van der Waals surface area contributed by atoms with Gasteiger partial charge in [-0.1, -0.05) is 11.6 Å². The topological polar surface area (TPSA) is 104 Å². The zero-order valence-corrected chi connectivity index (χ0v) is 15.4. The van der Waals surface area contributed by atoms with Crippen molar-refractivity contribution in [3.8, 4) is 22.9 Å². The van der Waals surface area contributed by atoms with Gasteiger partial charge in [0.15, 0.2) is 0 Å². The third-order valence-corrected chi connectivity index (χ3v) is 4.20. The molecule has 2 aromatic heterocycles. The molecular weight excluding hydrogens is 378 g/mol. The maximum Gasteiger partial charge on any atom is 0.418 e. The van der Waals surface area contributed by atoms with Crippen LogP contribution in [0.1, 0.15) is 0 Å². The van der Waals surface area contributed by atoms with Crippen LogP contribution >= 0.6 is 22.9 Å². The van der Waals surface area contributed by atoms with E-state index in [0.717, 1.165) is 0 Å². The molecule has 3 N–H and O–H groups in total. The van der Waals surface area contributed by atoms with Gasteiger partial charge in [-0.2, -0.15) is 5.10 Å². The highest BCUT2D eigenvalue weighted by molar-refractivity contribution is 7.07. The largest absolute Gasteiger partial charge is 0.492 e. The summed E-state index contributed by atoms with van der Waals surface area (Å²) in [6, 6.07) is 5.16. The molecule has 0 aliphatic carbocycles. The molecule has 0 aliphatic rings. The molecular formula is C16H16ClN5O3S. The maximum absolute atomic E-state index is 12.0. The first-order valence-corrected chi connectivity index (χ1v) is 8.92. The number of aromatic nitrogens is 3. The Labute approximate surface area is 158 Å². The fourth-order valence-electron chi connectivity index (χ4n) is 2.29. The van der Waals surface area contributed by atoms with E-state index in [1.54, 1.807) is 47.0 Å². The molecule has 0 unspecified atom stereocenters. The Morgan fingerprint density at radius 3 is 2.96 bits per heavy atom. The van der Waals surface area contributed by atoms with Crippen LogP contribution in [0.25, 0.3) is 11.3 Å². The molecule has 0 saturated carbocycles. The van der Waals surface area contributed by atoms with E-state index in [9.17, 15) is 4.79 Å². The van der Waals surface area contributed by atoms with Crippen LogP contribution in [-0.2, 0) is 7.05 Å². The van der Waals surface area contributed by atoms with Crippen molar-refractivity contribution in [3.63, 3.8) is 0 Å². The number of nitrogens with one attached hydrogen (secondary N) is 1. The third-order valence-electron chi connectivity index (χ3n) is 3.36. The molecule has 2 heterocycles. The number of hydrogen-bond acceptors (Lipinski definition) is 7. The number of thiazole rings is 1. The summed E-state index contributed by atoms with van der Waals surface area (Å²) in [7, 11) is 1.77. The van der Waals surface area contributed by atoms with E-state index in [1.165, 1.54) is 11.3 Å². The number of aryl methyl sites for hydroxylation is 1. The lowest BCUT2D eigenvalue weighted by Crippen LogP contribution is -2.17. The van der Waals surface area contributed by atoms with E-state index in [4.69, 9.17) is 26.8 Å². The summed E-state index contributed by atoms with van der Waals surface area (Å²) in [6.45, 7) is 0.722. The van der Waals surface area contributed by atoms with Gasteiger partial charge in [0.25, 0.3) is 0 Å².